The van der Waals surface area contributed by atoms with Crippen LogP contribution in [0.3, 0.4) is 0 Å². The SMILES string of the molecule is COc1cccc(SCc2cnc(Cl)cn2)c1. The molecular weight excluding hydrogens is 256 g/mol. The van der Waals surface area contributed by atoms with E-state index in [-0.39, 0.29) is 0 Å². The van der Waals surface area contributed by atoms with E-state index in [4.69, 9.17) is 16.3 Å². The Balaban J connectivity index is 1.99. The molecule has 1 heterocycles. The maximum Gasteiger partial charge on any atom is 0.147 e. The number of hydrogen-bond acceptors (Lipinski definition) is 4. The van der Waals surface area contributed by atoms with Gasteiger partial charge in [-0.05, 0) is 18.2 Å². The van der Waals surface area contributed by atoms with Crippen molar-refractivity contribution in [2.45, 2.75) is 10.6 Å². The minimum Gasteiger partial charge on any atom is -0.497 e. The van der Waals surface area contributed by atoms with Crippen molar-refractivity contribution in [2.75, 3.05) is 7.11 Å². The summed E-state index contributed by atoms with van der Waals surface area (Å²) in [6, 6.07) is 7.92. The molecule has 1 aromatic heterocycles. The molecule has 0 saturated carbocycles. The highest BCUT2D eigenvalue weighted by molar-refractivity contribution is 7.98. The molecule has 0 atom stereocenters. The molecule has 2 aromatic rings. The Morgan fingerprint density at radius 3 is 2.88 bits per heavy atom. The average molecular weight is 267 g/mol. The number of hydrogen-bond donors (Lipinski definition) is 0. The zero-order valence-corrected chi connectivity index (χ0v) is 10.8. The minimum atomic E-state index is 0.417. The summed E-state index contributed by atoms with van der Waals surface area (Å²) in [5, 5.41) is 0.417. The van der Waals surface area contributed by atoms with Gasteiger partial charge in [0.1, 0.15) is 10.9 Å². The standard InChI is InChI=1S/C12H11ClN2OS/c1-16-10-3-2-4-11(5-10)17-8-9-6-15-12(13)7-14-9/h2-7H,8H2,1H3. The van der Waals surface area contributed by atoms with Gasteiger partial charge in [0.05, 0.1) is 25.2 Å². The van der Waals surface area contributed by atoms with Crippen molar-refractivity contribution < 1.29 is 4.74 Å². The molecule has 0 saturated heterocycles. The van der Waals surface area contributed by atoms with Crippen molar-refractivity contribution in [1.29, 1.82) is 0 Å². The summed E-state index contributed by atoms with van der Waals surface area (Å²) < 4.78 is 5.16. The quantitative estimate of drug-likeness (QED) is 0.794. The molecule has 0 aliphatic carbocycles. The molecule has 88 valence electrons. The fourth-order valence-corrected chi connectivity index (χ4v) is 2.20. The van der Waals surface area contributed by atoms with Crippen molar-refractivity contribution >= 4 is 23.4 Å². The van der Waals surface area contributed by atoms with E-state index in [0.717, 1.165) is 22.1 Å². The molecule has 0 aliphatic rings. The Bertz CT molecular complexity index is 490. The maximum atomic E-state index is 5.67. The molecule has 0 unspecified atom stereocenters. The number of rotatable bonds is 4. The van der Waals surface area contributed by atoms with E-state index in [2.05, 4.69) is 9.97 Å². The molecule has 0 fully saturated rings. The molecule has 0 spiro atoms. The number of aromatic nitrogens is 2. The van der Waals surface area contributed by atoms with Crippen molar-refractivity contribution in [3.8, 4) is 5.75 Å². The van der Waals surface area contributed by atoms with Crippen LogP contribution >= 0.6 is 23.4 Å². The van der Waals surface area contributed by atoms with Gasteiger partial charge < -0.3 is 4.74 Å². The molecule has 1 aromatic carbocycles. The predicted molar refractivity (Wildman–Crippen MR) is 69.6 cm³/mol. The van der Waals surface area contributed by atoms with Gasteiger partial charge in [0.25, 0.3) is 0 Å². The molecule has 2 rings (SSSR count). The monoisotopic (exact) mass is 266 g/mol. The number of halogens is 1. The van der Waals surface area contributed by atoms with Crippen LogP contribution in [-0.4, -0.2) is 17.1 Å². The lowest BCUT2D eigenvalue weighted by Crippen LogP contribution is -1.88. The van der Waals surface area contributed by atoms with Gasteiger partial charge in [0, 0.05) is 10.6 Å². The number of benzene rings is 1. The molecule has 0 amide bonds. The lowest BCUT2D eigenvalue weighted by Gasteiger charge is -2.03. The summed E-state index contributed by atoms with van der Waals surface area (Å²) in [5.74, 6) is 1.62. The highest BCUT2D eigenvalue weighted by atomic mass is 35.5. The van der Waals surface area contributed by atoms with Crippen LogP contribution in [0.25, 0.3) is 0 Å². The molecule has 0 bridgehead atoms. The van der Waals surface area contributed by atoms with Crippen LogP contribution in [0.4, 0.5) is 0 Å². The molecular formula is C12H11ClN2OS. The van der Waals surface area contributed by atoms with Crippen LogP contribution in [0.2, 0.25) is 5.15 Å². The molecule has 0 aliphatic heterocycles. The predicted octanol–water partition coefficient (Wildman–Crippen LogP) is 3.43. The molecule has 0 N–H and O–H groups in total. The van der Waals surface area contributed by atoms with Crippen molar-refractivity contribution in [1.82, 2.24) is 9.97 Å². The van der Waals surface area contributed by atoms with Crippen LogP contribution in [0.1, 0.15) is 5.69 Å². The second-order valence-corrected chi connectivity index (χ2v) is 4.73. The van der Waals surface area contributed by atoms with Crippen LogP contribution in [0.5, 0.6) is 5.75 Å². The van der Waals surface area contributed by atoms with Crippen LogP contribution in [0, 0.1) is 0 Å². The topological polar surface area (TPSA) is 35.0 Å². The first-order valence-electron chi connectivity index (χ1n) is 5.01. The Morgan fingerprint density at radius 2 is 2.18 bits per heavy atom. The first kappa shape index (κ1) is 12.2. The lowest BCUT2D eigenvalue weighted by atomic mass is 10.3. The third kappa shape index (κ3) is 3.61. The highest BCUT2D eigenvalue weighted by Gasteiger charge is 2.00. The lowest BCUT2D eigenvalue weighted by molar-refractivity contribution is 0.413. The van der Waals surface area contributed by atoms with Gasteiger partial charge in [0.2, 0.25) is 0 Å². The molecule has 0 radical (unpaired) electrons. The summed E-state index contributed by atoms with van der Waals surface area (Å²) in [5.41, 5.74) is 0.905. The van der Waals surface area contributed by atoms with E-state index >= 15 is 0 Å². The zero-order valence-electron chi connectivity index (χ0n) is 9.26. The number of thioether (sulfide) groups is 1. The first-order valence-corrected chi connectivity index (χ1v) is 6.37. The second-order valence-electron chi connectivity index (χ2n) is 3.30. The van der Waals surface area contributed by atoms with Gasteiger partial charge >= 0.3 is 0 Å². The summed E-state index contributed by atoms with van der Waals surface area (Å²) in [7, 11) is 1.66. The fourth-order valence-electron chi connectivity index (χ4n) is 1.26. The second kappa shape index (κ2) is 5.89. The Morgan fingerprint density at radius 1 is 1.29 bits per heavy atom. The number of nitrogens with zero attached hydrogens (tertiary/aromatic N) is 2. The van der Waals surface area contributed by atoms with Gasteiger partial charge in [-0.2, -0.15) is 0 Å². The van der Waals surface area contributed by atoms with Crippen molar-refractivity contribution in [2.24, 2.45) is 0 Å². The third-order valence-corrected chi connectivity index (χ3v) is 3.32. The van der Waals surface area contributed by atoms with E-state index in [0.29, 0.717) is 5.15 Å². The summed E-state index contributed by atoms with van der Waals surface area (Å²) in [6.45, 7) is 0. The highest BCUT2D eigenvalue weighted by Crippen LogP contribution is 2.25. The van der Waals surface area contributed by atoms with Crippen LogP contribution in [0.15, 0.2) is 41.6 Å². The van der Waals surface area contributed by atoms with Crippen molar-refractivity contribution in [3.05, 3.63) is 47.5 Å². The summed E-state index contributed by atoms with van der Waals surface area (Å²) in [4.78, 5) is 9.32. The van der Waals surface area contributed by atoms with E-state index < -0.39 is 0 Å². The van der Waals surface area contributed by atoms with Crippen LogP contribution in [-0.2, 0) is 5.75 Å². The fraction of sp³-hybridized carbons (Fsp3) is 0.167. The van der Waals surface area contributed by atoms with E-state index in [1.54, 1.807) is 31.3 Å². The maximum absolute atomic E-state index is 5.67. The first-order chi connectivity index (χ1) is 8.28. The summed E-state index contributed by atoms with van der Waals surface area (Å²) >= 11 is 7.35. The number of ether oxygens (including phenoxy) is 1. The van der Waals surface area contributed by atoms with Gasteiger partial charge in [-0.15, -0.1) is 11.8 Å². The van der Waals surface area contributed by atoms with Gasteiger partial charge in [-0.1, -0.05) is 17.7 Å². The Hall–Kier alpha value is -1.26. The molecule has 5 heteroatoms. The largest absolute Gasteiger partial charge is 0.497 e. The molecule has 3 nitrogen and oxygen atoms in total. The smallest absolute Gasteiger partial charge is 0.147 e. The third-order valence-electron chi connectivity index (χ3n) is 2.10. The van der Waals surface area contributed by atoms with Gasteiger partial charge in [-0.25, -0.2) is 4.98 Å². The van der Waals surface area contributed by atoms with E-state index in [9.17, 15) is 0 Å². The summed E-state index contributed by atoms with van der Waals surface area (Å²) in [6.07, 6.45) is 3.25. The van der Waals surface area contributed by atoms with Crippen molar-refractivity contribution in [3.63, 3.8) is 0 Å². The molecule has 17 heavy (non-hydrogen) atoms. The van der Waals surface area contributed by atoms with E-state index in [1.807, 2.05) is 24.3 Å². The average Bonchev–Trinajstić information content (AvgIpc) is 2.38. The minimum absolute atomic E-state index is 0.417. The van der Waals surface area contributed by atoms with Crippen LogP contribution < -0.4 is 4.74 Å². The Kier molecular flexibility index (Phi) is 4.23. The van der Waals surface area contributed by atoms with Gasteiger partial charge in [0.15, 0.2) is 0 Å². The Labute approximate surface area is 109 Å². The number of methoxy groups -OCH3 is 1. The normalized spacial score (nSPS) is 10.2. The van der Waals surface area contributed by atoms with Gasteiger partial charge in [-0.3, -0.25) is 4.98 Å². The van der Waals surface area contributed by atoms with E-state index in [1.165, 1.54) is 0 Å². The zero-order chi connectivity index (χ0) is 12.1.